The van der Waals surface area contributed by atoms with E-state index >= 15 is 0 Å². The van der Waals surface area contributed by atoms with Gasteiger partial charge in [0, 0.05) is 12.8 Å². The summed E-state index contributed by atoms with van der Waals surface area (Å²) in [7, 11) is -3.77. The third-order valence-electron chi connectivity index (χ3n) is 2.91. The van der Waals surface area contributed by atoms with Crippen LogP contribution in [0.4, 0.5) is 0 Å². The molecule has 0 aromatic rings. The number of hydrogen-bond donors (Lipinski definition) is 3. The zero-order valence-electron chi connectivity index (χ0n) is 12.9. The van der Waals surface area contributed by atoms with Crippen LogP contribution in [-0.4, -0.2) is 31.0 Å². The van der Waals surface area contributed by atoms with Crippen LogP contribution >= 0.6 is 0 Å². The first-order valence-corrected chi connectivity index (χ1v) is 8.80. The smallest absolute Gasteiger partial charge is 0.333 e. The molecule has 128 valence electrons. The van der Waals surface area contributed by atoms with Crippen LogP contribution in [0.5, 0.6) is 0 Å². The standard InChI is InChI=1S/C10H17NO3S.C5H10O2/c1-2-3-4-5-6-7-8-9-10-14-15(11,12)13;6-5(7)3-1-2-4-5/h2-6H,1,7-10H2,(H2,11,12,13);6-7H,1-4H2/b4-3-,6-5-;. The Bertz CT molecular complexity index is 447. The molecule has 1 saturated carbocycles. The van der Waals surface area contributed by atoms with Crippen molar-refractivity contribution in [3.8, 4) is 0 Å². The molecule has 7 heteroatoms. The van der Waals surface area contributed by atoms with Gasteiger partial charge in [-0.05, 0) is 32.1 Å². The Morgan fingerprint density at radius 1 is 1.14 bits per heavy atom. The maximum atomic E-state index is 10.4. The lowest BCUT2D eigenvalue weighted by Gasteiger charge is -2.11. The molecular weight excluding hydrogens is 306 g/mol. The van der Waals surface area contributed by atoms with Crippen LogP contribution < -0.4 is 5.14 Å². The summed E-state index contributed by atoms with van der Waals surface area (Å²) in [5, 5.41) is 22.1. The van der Waals surface area contributed by atoms with Crippen LogP contribution in [0, 0.1) is 0 Å². The number of hydrogen-bond acceptors (Lipinski definition) is 5. The molecule has 0 unspecified atom stereocenters. The normalized spacial score (nSPS) is 17.6. The highest BCUT2D eigenvalue weighted by Gasteiger charge is 2.26. The van der Waals surface area contributed by atoms with E-state index in [4.69, 9.17) is 10.2 Å². The van der Waals surface area contributed by atoms with Crippen LogP contribution in [0.2, 0.25) is 0 Å². The second-order valence-electron chi connectivity index (χ2n) is 5.05. The average Bonchev–Trinajstić information content (AvgIpc) is 2.81. The van der Waals surface area contributed by atoms with Crippen molar-refractivity contribution in [2.75, 3.05) is 6.61 Å². The molecule has 0 heterocycles. The van der Waals surface area contributed by atoms with E-state index in [1.165, 1.54) is 0 Å². The minimum Gasteiger partial charge on any atom is -0.366 e. The number of aliphatic hydroxyl groups is 2. The quantitative estimate of drug-likeness (QED) is 0.357. The number of nitrogens with two attached hydrogens (primary N) is 1. The van der Waals surface area contributed by atoms with E-state index in [0.717, 1.165) is 25.7 Å². The summed E-state index contributed by atoms with van der Waals surface area (Å²) >= 11 is 0. The summed E-state index contributed by atoms with van der Waals surface area (Å²) in [5.74, 6) is -1.31. The highest BCUT2D eigenvalue weighted by molar-refractivity contribution is 7.84. The molecule has 0 bridgehead atoms. The van der Waals surface area contributed by atoms with Gasteiger partial charge >= 0.3 is 10.3 Å². The predicted molar refractivity (Wildman–Crippen MR) is 87.0 cm³/mol. The summed E-state index contributed by atoms with van der Waals surface area (Å²) in [5.41, 5.74) is 0. The lowest BCUT2D eigenvalue weighted by atomic mass is 10.2. The maximum absolute atomic E-state index is 10.4. The maximum Gasteiger partial charge on any atom is 0.333 e. The fourth-order valence-electron chi connectivity index (χ4n) is 1.80. The SMILES string of the molecule is C=C/C=C\C=C/CCCCOS(N)(=O)=O.OC1(O)CCCC1. The Morgan fingerprint density at radius 3 is 2.23 bits per heavy atom. The summed E-state index contributed by atoms with van der Waals surface area (Å²) in [6, 6.07) is 0. The molecule has 1 aliphatic rings. The molecule has 0 saturated heterocycles. The molecule has 1 fully saturated rings. The molecule has 0 amide bonds. The van der Waals surface area contributed by atoms with Crippen molar-refractivity contribution >= 4 is 10.3 Å². The lowest BCUT2D eigenvalue weighted by Crippen LogP contribution is -2.21. The van der Waals surface area contributed by atoms with Crippen molar-refractivity contribution in [2.24, 2.45) is 5.14 Å². The molecule has 0 aromatic carbocycles. The van der Waals surface area contributed by atoms with Gasteiger partial charge in [-0.1, -0.05) is 37.0 Å². The van der Waals surface area contributed by atoms with Crippen LogP contribution in [0.25, 0.3) is 0 Å². The monoisotopic (exact) mass is 333 g/mol. The van der Waals surface area contributed by atoms with Crippen molar-refractivity contribution in [2.45, 2.75) is 50.7 Å². The van der Waals surface area contributed by atoms with Crippen molar-refractivity contribution in [3.05, 3.63) is 37.0 Å². The summed E-state index contributed by atoms with van der Waals surface area (Å²) in [6.45, 7) is 3.68. The van der Waals surface area contributed by atoms with Crippen LogP contribution in [0.15, 0.2) is 37.0 Å². The van der Waals surface area contributed by atoms with Gasteiger partial charge in [0.2, 0.25) is 0 Å². The Balaban J connectivity index is 0.000000518. The van der Waals surface area contributed by atoms with E-state index in [-0.39, 0.29) is 6.61 Å². The number of rotatable bonds is 8. The summed E-state index contributed by atoms with van der Waals surface area (Å²) in [4.78, 5) is 0. The predicted octanol–water partition coefficient (Wildman–Crippen LogP) is 1.92. The molecule has 1 aliphatic carbocycles. The number of unbranched alkanes of at least 4 members (excludes halogenated alkanes) is 2. The van der Waals surface area contributed by atoms with E-state index in [9.17, 15) is 8.42 Å². The molecule has 1 rings (SSSR count). The molecule has 0 spiro atoms. The second-order valence-corrected chi connectivity index (χ2v) is 6.27. The molecule has 0 radical (unpaired) electrons. The summed E-state index contributed by atoms with van der Waals surface area (Å²) < 4.78 is 25.1. The van der Waals surface area contributed by atoms with Gasteiger partial charge in [0.05, 0.1) is 6.61 Å². The van der Waals surface area contributed by atoms with E-state index in [2.05, 4.69) is 15.9 Å². The molecule has 22 heavy (non-hydrogen) atoms. The highest BCUT2D eigenvalue weighted by atomic mass is 32.2. The fourth-order valence-corrected chi connectivity index (χ4v) is 2.15. The molecule has 6 nitrogen and oxygen atoms in total. The van der Waals surface area contributed by atoms with Gasteiger partial charge in [-0.3, -0.25) is 4.18 Å². The van der Waals surface area contributed by atoms with Crippen LogP contribution in [0.3, 0.4) is 0 Å². The summed E-state index contributed by atoms with van der Waals surface area (Å²) in [6.07, 6.45) is 14.8. The Labute approximate surface area is 133 Å². The molecular formula is C15H27NO5S. The Kier molecular flexibility index (Phi) is 11.0. The van der Waals surface area contributed by atoms with Crippen molar-refractivity contribution in [1.82, 2.24) is 0 Å². The first kappa shape index (κ1) is 21.0. The van der Waals surface area contributed by atoms with E-state index in [1.54, 1.807) is 6.08 Å². The zero-order chi connectivity index (χ0) is 16.9. The van der Waals surface area contributed by atoms with Crippen LogP contribution in [-0.2, 0) is 14.5 Å². The van der Waals surface area contributed by atoms with Gasteiger partial charge in [0.1, 0.15) is 0 Å². The Morgan fingerprint density at radius 2 is 1.77 bits per heavy atom. The van der Waals surface area contributed by atoms with E-state index < -0.39 is 16.1 Å². The fraction of sp³-hybridized carbons (Fsp3) is 0.600. The van der Waals surface area contributed by atoms with Gasteiger partial charge in [-0.15, -0.1) is 0 Å². The Hall–Kier alpha value is -0.990. The highest BCUT2D eigenvalue weighted by Crippen LogP contribution is 2.25. The number of allylic oxidation sites excluding steroid dienone is 5. The average molecular weight is 333 g/mol. The van der Waals surface area contributed by atoms with Crippen molar-refractivity contribution in [1.29, 1.82) is 0 Å². The molecule has 0 aliphatic heterocycles. The minimum atomic E-state index is -3.77. The van der Waals surface area contributed by atoms with Gasteiger partial charge in [0.15, 0.2) is 5.79 Å². The molecule has 0 aromatic heterocycles. The van der Waals surface area contributed by atoms with E-state index in [0.29, 0.717) is 19.3 Å². The van der Waals surface area contributed by atoms with Crippen molar-refractivity contribution in [3.63, 3.8) is 0 Å². The third kappa shape index (κ3) is 15.4. The first-order chi connectivity index (χ1) is 10.3. The van der Waals surface area contributed by atoms with Gasteiger partial charge in [0.25, 0.3) is 0 Å². The third-order valence-corrected chi connectivity index (χ3v) is 3.41. The van der Waals surface area contributed by atoms with Gasteiger partial charge in [-0.2, -0.15) is 8.42 Å². The second kappa shape index (κ2) is 11.6. The minimum absolute atomic E-state index is 0.148. The van der Waals surface area contributed by atoms with Gasteiger partial charge < -0.3 is 10.2 Å². The molecule has 0 atom stereocenters. The molecule has 4 N–H and O–H groups in total. The lowest BCUT2D eigenvalue weighted by molar-refractivity contribution is -0.152. The zero-order valence-corrected chi connectivity index (χ0v) is 13.7. The van der Waals surface area contributed by atoms with E-state index in [1.807, 2.05) is 24.3 Å². The van der Waals surface area contributed by atoms with Gasteiger partial charge in [-0.25, -0.2) is 5.14 Å². The topological polar surface area (TPSA) is 110 Å². The first-order valence-electron chi connectivity index (χ1n) is 7.33. The van der Waals surface area contributed by atoms with Crippen LogP contribution in [0.1, 0.15) is 44.9 Å². The largest absolute Gasteiger partial charge is 0.366 e. The van der Waals surface area contributed by atoms with Crippen molar-refractivity contribution < 1.29 is 22.8 Å².